The maximum atomic E-state index is 9.67. The second kappa shape index (κ2) is 8.76. The third-order valence-corrected chi connectivity index (χ3v) is 4.85. The van der Waals surface area contributed by atoms with Crippen LogP contribution in [0, 0.1) is 11.3 Å². The van der Waals surface area contributed by atoms with Crippen molar-refractivity contribution >= 4 is 33.9 Å². The molecule has 0 fully saturated rings. The molecule has 2 heterocycles. The third-order valence-electron chi connectivity index (χ3n) is 4.70. The first-order valence-corrected chi connectivity index (χ1v) is 9.86. The molecule has 7 heteroatoms. The summed E-state index contributed by atoms with van der Waals surface area (Å²) in [5.74, 6) is 1.56. The second-order valence-electron chi connectivity index (χ2n) is 6.53. The first-order valence-electron chi connectivity index (χ1n) is 9.33. The van der Waals surface area contributed by atoms with E-state index in [9.17, 15) is 5.26 Å². The van der Waals surface area contributed by atoms with Crippen LogP contribution in [0.1, 0.15) is 5.56 Å². The van der Waals surface area contributed by atoms with Crippen molar-refractivity contribution in [2.45, 2.75) is 0 Å². The molecule has 0 saturated heterocycles. The number of anilines is 2. The number of ether oxygens (including phenoxy) is 2. The highest BCUT2D eigenvalue weighted by molar-refractivity contribution is 6.18. The first-order chi connectivity index (χ1) is 14.7. The van der Waals surface area contributed by atoms with Gasteiger partial charge >= 0.3 is 0 Å². The molecule has 0 aliphatic carbocycles. The average molecular weight is 419 g/mol. The Bertz CT molecular complexity index is 1230. The minimum absolute atomic E-state index is 0.361. The van der Waals surface area contributed by atoms with E-state index < -0.39 is 0 Å². The molecule has 0 spiro atoms. The Morgan fingerprint density at radius 3 is 2.83 bits per heavy atom. The number of fused-ring (bicyclic) bond motifs is 1. The summed E-state index contributed by atoms with van der Waals surface area (Å²) in [5, 5.41) is 14.1. The molecular weight excluding hydrogens is 400 g/mol. The van der Waals surface area contributed by atoms with E-state index >= 15 is 0 Å². The number of hydrogen-bond acceptors (Lipinski definition) is 5. The minimum Gasteiger partial charge on any atom is -0.493 e. The van der Waals surface area contributed by atoms with Crippen molar-refractivity contribution < 1.29 is 9.47 Å². The molecule has 0 radical (unpaired) electrons. The standard InChI is InChI=1S/C23H19ClN4O2/c1-29-21-5-2-15(11-22(21)30-9-7-24)19-14-26-13-17(12-25)23(19)28-18-3-4-20-16(10-18)6-8-27-20/h2-6,8,10-11,13-14,27H,7,9H2,1H3,(H,26,28). The Hall–Kier alpha value is -3.69. The molecule has 0 aliphatic heterocycles. The largest absolute Gasteiger partial charge is 0.493 e. The lowest BCUT2D eigenvalue weighted by molar-refractivity contribution is 0.313. The smallest absolute Gasteiger partial charge is 0.161 e. The van der Waals surface area contributed by atoms with Gasteiger partial charge in [-0.25, -0.2) is 0 Å². The highest BCUT2D eigenvalue weighted by atomic mass is 35.5. The molecule has 2 aromatic heterocycles. The molecular formula is C23H19ClN4O2. The first kappa shape index (κ1) is 19.6. The van der Waals surface area contributed by atoms with Crippen molar-refractivity contribution in [2.75, 3.05) is 24.9 Å². The lowest BCUT2D eigenvalue weighted by Gasteiger charge is -2.16. The van der Waals surface area contributed by atoms with Gasteiger partial charge < -0.3 is 19.8 Å². The lowest BCUT2D eigenvalue weighted by Crippen LogP contribution is -2.01. The maximum Gasteiger partial charge on any atom is 0.161 e. The molecule has 0 unspecified atom stereocenters. The number of aromatic nitrogens is 2. The Kier molecular flexibility index (Phi) is 5.73. The summed E-state index contributed by atoms with van der Waals surface area (Å²) in [5.41, 5.74) is 4.67. The fourth-order valence-electron chi connectivity index (χ4n) is 3.28. The number of benzene rings is 2. The number of halogens is 1. The Morgan fingerprint density at radius 2 is 2.03 bits per heavy atom. The molecule has 150 valence electrons. The van der Waals surface area contributed by atoms with Crippen molar-refractivity contribution in [1.82, 2.24) is 9.97 Å². The summed E-state index contributed by atoms with van der Waals surface area (Å²) in [6, 6.07) is 15.8. The predicted octanol–water partition coefficient (Wildman–Crippen LogP) is 5.47. The van der Waals surface area contributed by atoms with Crippen molar-refractivity contribution in [2.24, 2.45) is 0 Å². The molecule has 0 aliphatic rings. The van der Waals surface area contributed by atoms with Crippen molar-refractivity contribution in [3.8, 4) is 28.7 Å². The van der Waals surface area contributed by atoms with Crippen LogP contribution >= 0.6 is 11.6 Å². The number of rotatable bonds is 7. The highest BCUT2D eigenvalue weighted by Gasteiger charge is 2.15. The molecule has 0 amide bonds. The topological polar surface area (TPSA) is 83.0 Å². The van der Waals surface area contributed by atoms with E-state index in [-0.39, 0.29) is 0 Å². The molecule has 30 heavy (non-hydrogen) atoms. The molecule has 2 aromatic carbocycles. The van der Waals surface area contributed by atoms with Crippen molar-refractivity contribution in [1.29, 1.82) is 5.26 Å². The second-order valence-corrected chi connectivity index (χ2v) is 6.91. The zero-order valence-corrected chi connectivity index (χ0v) is 17.0. The summed E-state index contributed by atoms with van der Waals surface area (Å²) in [6.07, 6.45) is 5.17. The van der Waals surface area contributed by atoms with Crippen LogP contribution in [0.25, 0.3) is 22.0 Å². The SMILES string of the molecule is COc1ccc(-c2cncc(C#N)c2Nc2ccc3[nH]ccc3c2)cc1OCCCl. The van der Waals surface area contributed by atoms with Crippen LogP contribution in [0.4, 0.5) is 11.4 Å². The normalized spacial score (nSPS) is 10.6. The van der Waals surface area contributed by atoms with E-state index in [0.29, 0.717) is 35.2 Å². The van der Waals surface area contributed by atoms with E-state index in [1.165, 1.54) is 0 Å². The van der Waals surface area contributed by atoms with Crippen LogP contribution in [-0.2, 0) is 0 Å². The van der Waals surface area contributed by atoms with Gasteiger partial charge in [0.05, 0.1) is 24.2 Å². The predicted molar refractivity (Wildman–Crippen MR) is 119 cm³/mol. The number of nitrogens with one attached hydrogen (secondary N) is 2. The van der Waals surface area contributed by atoms with Crippen LogP contribution in [0.2, 0.25) is 0 Å². The summed E-state index contributed by atoms with van der Waals surface area (Å²) in [7, 11) is 1.59. The number of alkyl halides is 1. The van der Waals surface area contributed by atoms with Crippen molar-refractivity contribution in [3.05, 3.63) is 66.6 Å². The summed E-state index contributed by atoms with van der Waals surface area (Å²) < 4.78 is 11.1. The number of pyridine rings is 1. The molecule has 0 bridgehead atoms. The zero-order chi connectivity index (χ0) is 20.9. The van der Waals surface area contributed by atoms with E-state index in [2.05, 4.69) is 21.4 Å². The molecule has 0 saturated carbocycles. The van der Waals surface area contributed by atoms with Gasteiger partial charge in [-0.1, -0.05) is 6.07 Å². The quantitative estimate of drug-likeness (QED) is 0.389. The van der Waals surface area contributed by atoms with Crippen molar-refractivity contribution in [3.63, 3.8) is 0 Å². The van der Waals surface area contributed by atoms with E-state index in [1.807, 2.05) is 48.7 Å². The molecule has 4 aromatic rings. The lowest BCUT2D eigenvalue weighted by atomic mass is 10.0. The van der Waals surface area contributed by atoms with Gasteiger partial charge in [0.25, 0.3) is 0 Å². The zero-order valence-electron chi connectivity index (χ0n) is 16.3. The van der Waals surface area contributed by atoms with Crippen LogP contribution < -0.4 is 14.8 Å². The molecule has 6 nitrogen and oxygen atoms in total. The van der Waals surface area contributed by atoms with Gasteiger partial charge in [0.2, 0.25) is 0 Å². The third kappa shape index (κ3) is 3.88. The molecule has 0 atom stereocenters. The Balaban J connectivity index is 1.78. The highest BCUT2D eigenvalue weighted by Crippen LogP contribution is 2.37. The van der Waals surface area contributed by atoms with Gasteiger partial charge in [-0.3, -0.25) is 4.98 Å². The average Bonchev–Trinajstić information content (AvgIpc) is 3.25. The van der Waals surface area contributed by atoms with Gasteiger partial charge in [-0.2, -0.15) is 5.26 Å². The summed E-state index contributed by atoms with van der Waals surface area (Å²) in [4.78, 5) is 7.43. The Labute approximate surface area is 179 Å². The fraction of sp³-hybridized carbons (Fsp3) is 0.130. The maximum absolute atomic E-state index is 9.67. The van der Waals surface area contributed by atoms with Gasteiger partial charge in [-0.05, 0) is 42.0 Å². The number of hydrogen-bond donors (Lipinski definition) is 2. The van der Waals surface area contributed by atoms with E-state index in [0.717, 1.165) is 27.7 Å². The summed E-state index contributed by atoms with van der Waals surface area (Å²) >= 11 is 5.77. The molecule has 2 N–H and O–H groups in total. The van der Waals surface area contributed by atoms with Gasteiger partial charge in [0.15, 0.2) is 11.5 Å². The fourth-order valence-corrected chi connectivity index (χ4v) is 3.36. The number of nitriles is 1. The van der Waals surface area contributed by atoms with E-state index in [4.69, 9.17) is 21.1 Å². The van der Waals surface area contributed by atoms with Crippen LogP contribution in [0.15, 0.2) is 61.1 Å². The van der Waals surface area contributed by atoms with Crippen LogP contribution in [0.3, 0.4) is 0 Å². The number of H-pyrrole nitrogens is 1. The van der Waals surface area contributed by atoms with Gasteiger partial charge in [-0.15, -0.1) is 11.6 Å². The van der Waals surface area contributed by atoms with Gasteiger partial charge in [0, 0.05) is 40.7 Å². The van der Waals surface area contributed by atoms with Crippen LogP contribution in [-0.4, -0.2) is 29.6 Å². The monoisotopic (exact) mass is 418 g/mol. The molecule has 4 rings (SSSR count). The Morgan fingerprint density at radius 1 is 1.13 bits per heavy atom. The van der Waals surface area contributed by atoms with E-state index in [1.54, 1.807) is 19.5 Å². The van der Waals surface area contributed by atoms with Gasteiger partial charge in [0.1, 0.15) is 12.7 Å². The number of nitrogens with zero attached hydrogens (tertiary/aromatic N) is 2. The summed E-state index contributed by atoms with van der Waals surface area (Å²) in [6.45, 7) is 0.361. The number of aromatic amines is 1. The van der Waals surface area contributed by atoms with Crippen LogP contribution in [0.5, 0.6) is 11.5 Å². The minimum atomic E-state index is 0.361. The number of methoxy groups -OCH3 is 1.